The van der Waals surface area contributed by atoms with E-state index in [9.17, 15) is 14.9 Å². The molecule has 0 aliphatic carbocycles. The van der Waals surface area contributed by atoms with Crippen LogP contribution in [0.3, 0.4) is 0 Å². The topological polar surface area (TPSA) is 85.6 Å². The minimum Gasteiger partial charge on any atom is -0.383 e. The Morgan fingerprint density at radius 1 is 1.63 bits per heavy atom. The zero-order valence-electron chi connectivity index (χ0n) is 10.6. The first-order valence-corrected chi connectivity index (χ1v) is 5.97. The number of hydrogen-bond acceptors (Lipinski definition) is 5. The highest BCUT2D eigenvalue weighted by Crippen LogP contribution is 2.20. The number of ether oxygens (including phenoxy) is 1. The Balaban J connectivity index is 3.02. The Hall–Kier alpha value is -1.73. The number of nitro groups is 1. The molecule has 0 fully saturated rings. The lowest BCUT2D eigenvalue weighted by molar-refractivity contribution is -0.385. The third kappa shape index (κ3) is 3.87. The second kappa shape index (κ2) is 7.01. The van der Waals surface area contributed by atoms with Gasteiger partial charge in [0, 0.05) is 26.3 Å². The quantitative estimate of drug-likeness (QED) is 0.452. The number of carbonyl (C=O) groups excluding carboxylic acids is 1. The van der Waals surface area contributed by atoms with Crippen LogP contribution in [0.5, 0.6) is 0 Å². The Kier molecular flexibility index (Phi) is 5.65. The number of rotatable bonds is 6. The molecule has 1 heterocycles. The summed E-state index contributed by atoms with van der Waals surface area (Å²) in [4.78, 5) is 27.4. The van der Waals surface area contributed by atoms with Crippen molar-refractivity contribution in [3.63, 3.8) is 0 Å². The van der Waals surface area contributed by atoms with Gasteiger partial charge in [-0.1, -0.05) is 11.6 Å². The lowest BCUT2D eigenvalue weighted by Gasteiger charge is -2.20. The van der Waals surface area contributed by atoms with E-state index in [1.165, 1.54) is 12.0 Å². The first kappa shape index (κ1) is 15.3. The Morgan fingerprint density at radius 2 is 2.32 bits per heavy atom. The van der Waals surface area contributed by atoms with E-state index in [4.69, 9.17) is 16.3 Å². The van der Waals surface area contributed by atoms with E-state index in [0.29, 0.717) is 19.7 Å². The van der Waals surface area contributed by atoms with Gasteiger partial charge in [0.1, 0.15) is 11.3 Å². The average Bonchev–Trinajstić information content (AvgIpc) is 2.39. The number of carbonyl (C=O) groups is 1. The largest absolute Gasteiger partial charge is 0.383 e. The van der Waals surface area contributed by atoms with Crippen LogP contribution in [0.1, 0.15) is 17.3 Å². The molecule has 0 spiro atoms. The van der Waals surface area contributed by atoms with E-state index in [1.807, 2.05) is 0 Å². The fourth-order valence-corrected chi connectivity index (χ4v) is 1.65. The summed E-state index contributed by atoms with van der Waals surface area (Å²) in [6, 6.07) is 1.13. The summed E-state index contributed by atoms with van der Waals surface area (Å²) >= 11 is 5.82. The first-order chi connectivity index (χ1) is 9.01. The van der Waals surface area contributed by atoms with Crippen LogP contribution >= 0.6 is 11.6 Å². The molecule has 0 aliphatic heterocycles. The number of hydrogen-bond donors (Lipinski definition) is 0. The van der Waals surface area contributed by atoms with Crippen molar-refractivity contribution in [1.82, 2.24) is 9.88 Å². The normalized spacial score (nSPS) is 10.3. The van der Waals surface area contributed by atoms with Crippen molar-refractivity contribution in [3.05, 3.63) is 33.1 Å². The molecule has 7 nitrogen and oxygen atoms in total. The third-order valence-electron chi connectivity index (χ3n) is 2.50. The van der Waals surface area contributed by atoms with Crippen LogP contribution < -0.4 is 0 Å². The molecule has 1 aromatic heterocycles. The smallest absolute Gasteiger partial charge is 0.288 e. The standard InChI is InChI=1S/C11H14ClN3O4/c1-3-14(4-5-19-2)11(16)9-6-8(15(17)18)7-13-10(9)12/h6-7H,3-5H2,1-2H3. The maximum Gasteiger partial charge on any atom is 0.288 e. The Labute approximate surface area is 115 Å². The van der Waals surface area contributed by atoms with Crippen molar-refractivity contribution < 1.29 is 14.5 Å². The molecular weight excluding hydrogens is 274 g/mol. The predicted octanol–water partition coefficient (Wildman–Crippen LogP) is 1.75. The molecule has 0 saturated heterocycles. The van der Waals surface area contributed by atoms with Gasteiger partial charge >= 0.3 is 0 Å². The van der Waals surface area contributed by atoms with Gasteiger partial charge in [0.2, 0.25) is 0 Å². The van der Waals surface area contributed by atoms with Gasteiger partial charge in [-0.25, -0.2) is 4.98 Å². The molecule has 0 bridgehead atoms. The summed E-state index contributed by atoms with van der Waals surface area (Å²) in [5.74, 6) is -0.402. The monoisotopic (exact) mass is 287 g/mol. The highest BCUT2D eigenvalue weighted by Gasteiger charge is 2.21. The molecule has 0 radical (unpaired) electrons. The molecule has 1 aromatic rings. The number of aromatic nitrogens is 1. The zero-order chi connectivity index (χ0) is 14.4. The summed E-state index contributed by atoms with van der Waals surface area (Å²) in [6.45, 7) is 3.00. The number of amides is 1. The molecule has 0 aliphatic rings. The molecule has 0 unspecified atom stereocenters. The van der Waals surface area contributed by atoms with Gasteiger partial charge in [0.15, 0.2) is 0 Å². The summed E-state index contributed by atoms with van der Waals surface area (Å²) in [6.07, 6.45) is 1.02. The van der Waals surface area contributed by atoms with Crippen LogP contribution in [0.25, 0.3) is 0 Å². The molecule has 0 saturated carbocycles. The van der Waals surface area contributed by atoms with Crippen molar-refractivity contribution in [2.45, 2.75) is 6.92 Å². The Morgan fingerprint density at radius 3 is 2.84 bits per heavy atom. The highest BCUT2D eigenvalue weighted by atomic mass is 35.5. The summed E-state index contributed by atoms with van der Waals surface area (Å²) in [7, 11) is 1.53. The first-order valence-electron chi connectivity index (χ1n) is 5.59. The van der Waals surface area contributed by atoms with Crippen LogP contribution in [0.2, 0.25) is 5.15 Å². The van der Waals surface area contributed by atoms with Crippen LogP contribution in [0.4, 0.5) is 5.69 Å². The fourth-order valence-electron chi connectivity index (χ4n) is 1.46. The number of likely N-dealkylation sites (N-methyl/N-ethyl adjacent to an activating group) is 1. The maximum atomic E-state index is 12.2. The van der Waals surface area contributed by atoms with Crippen molar-refractivity contribution in [3.8, 4) is 0 Å². The summed E-state index contributed by atoms with van der Waals surface area (Å²) in [5.41, 5.74) is -0.246. The second-order valence-corrected chi connectivity index (χ2v) is 4.02. The van der Waals surface area contributed by atoms with Crippen molar-refractivity contribution in [1.29, 1.82) is 0 Å². The fraction of sp³-hybridized carbons (Fsp3) is 0.455. The lowest BCUT2D eigenvalue weighted by atomic mass is 10.2. The molecule has 0 N–H and O–H groups in total. The van der Waals surface area contributed by atoms with Crippen LogP contribution in [0.15, 0.2) is 12.3 Å². The van der Waals surface area contributed by atoms with E-state index in [2.05, 4.69) is 4.98 Å². The predicted molar refractivity (Wildman–Crippen MR) is 69.4 cm³/mol. The summed E-state index contributed by atoms with van der Waals surface area (Å²) in [5, 5.41) is 10.6. The van der Waals surface area contributed by atoms with Gasteiger partial charge in [0.05, 0.1) is 17.1 Å². The minimum absolute atomic E-state index is 0.0221. The third-order valence-corrected chi connectivity index (χ3v) is 2.80. The van der Waals surface area contributed by atoms with Gasteiger partial charge in [-0.3, -0.25) is 14.9 Å². The van der Waals surface area contributed by atoms with Crippen molar-refractivity contribution in [2.24, 2.45) is 0 Å². The molecule has 104 valence electrons. The number of nitrogens with zero attached hydrogens (tertiary/aromatic N) is 3. The van der Waals surface area contributed by atoms with Gasteiger partial charge < -0.3 is 9.64 Å². The molecule has 1 rings (SSSR count). The molecule has 8 heteroatoms. The van der Waals surface area contributed by atoms with Crippen molar-refractivity contribution in [2.75, 3.05) is 26.8 Å². The van der Waals surface area contributed by atoms with E-state index in [-0.39, 0.29) is 16.4 Å². The highest BCUT2D eigenvalue weighted by molar-refractivity contribution is 6.32. The van der Waals surface area contributed by atoms with Gasteiger partial charge in [-0.2, -0.15) is 0 Å². The molecule has 0 aromatic carbocycles. The number of halogens is 1. The van der Waals surface area contributed by atoms with Crippen molar-refractivity contribution >= 4 is 23.2 Å². The number of methoxy groups -OCH3 is 1. The van der Waals surface area contributed by atoms with Gasteiger partial charge in [0.25, 0.3) is 11.6 Å². The lowest BCUT2D eigenvalue weighted by Crippen LogP contribution is -2.34. The second-order valence-electron chi connectivity index (χ2n) is 3.67. The van der Waals surface area contributed by atoms with E-state index >= 15 is 0 Å². The average molecular weight is 288 g/mol. The van der Waals surface area contributed by atoms with Gasteiger partial charge in [-0.15, -0.1) is 0 Å². The minimum atomic E-state index is -0.619. The van der Waals surface area contributed by atoms with Crippen LogP contribution in [-0.4, -0.2) is 47.5 Å². The SMILES string of the molecule is CCN(CCOC)C(=O)c1cc([N+](=O)[O-])cnc1Cl. The molecular formula is C11H14ClN3O4. The molecule has 0 atom stereocenters. The Bertz CT molecular complexity index is 481. The summed E-state index contributed by atoms with van der Waals surface area (Å²) < 4.78 is 4.90. The van der Waals surface area contributed by atoms with Crippen LogP contribution in [0, 0.1) is 10.1 Å². The van der Waals surface area contributed by atoms with Crippen LogP contribution in [-0.2, 0) is 4.74 Å². The molecule has 1 amide bonds. The van der Waals surface area contributed by atoms with E-state index in [1.54, 1.807) is 6.92 Å². The van der Waals surface area contributed by atoms with E-state index < -0.39 is 10.8 Å². The zero-order valence-corrected chi connectivity index (χ0v) is 11.4. The molecule has 19 heavy (non-hydrogen) atoms. The maximum absolute atomic E-state index is 12.2. The number of pyridine rings is 1. The van der Waals surface area contributed by atoms with Gasteiger partial charge in [-0.05, 0) is 6.92 Å². The van der Waals surface area contributed by atoms with E-state index in [0.717, 1.165) is 12.3 Å².